The van der Waals surface area contributed by atoms with Crippen molar-refractivity contribution >= 4 is 19.5 Å². The Labute approximate surface area is 151 Å². The molecule has 0 aliphatic carbocycles. The van der Waals surface area contributed by atoms with E-state index in [0.717, 1.165) is 7.11 Å². The highest BCUT2D eigenvalue weighted by Gasteiger charge is 2.71. The molecule has 2 saturated heterocycles. The average Bonchev–Trinajstić information content (AvgIpc) is 2.86. The van der Waals surface area contributed by atoms with Crippen LogP contribution in [0, 0.1) is 0 Å². The Kier molecular flexibility index (Phi) is 4.96. The van der Waals surface area contributed by atoms with Crippen LogP contribution in [-0.4, -0.2) is 64.1 Å². The molecule has 0 aromatic heterocycles. The smallest absolute Gasteiger partial charge is 0.348 e. The van der Waals surface area contributed by atoms with Crippen molar-refractivity contribution in [2.24, 2.45) is 0 Å². The summed E-state index contributed by atoms with van der Waals surface area (Å²) in [5.41, 5.74) is 0.253. The van der Waals surface area contributed by atoms with Gasteiger partial charge in [0.25, 0.3) is 0 Å². The van der Waals surface area contributed by atoms with Gasteiger partial charge in [-0.05, 0) is 32.0 Å². The number of carbonyl (C=O) groups excluding carboxylic acids is 2. The van der Waals surface area contributed by atoms with Crippen molar-refractivity contribution < 1.29 is 33.4 Å². The maximum atomic E-state index is 12.7. The Bertz CT molecular complexity index is 749. The predicted octanol–water partition coefficient (Wildman–Crippen LogP) is 1.17. The van der Waals surface area contributed by atoms with Crippen molar-refractivity contribution in [3.8, 4) is 0 Å². The van der Waals surface area contributed by atoms with Crippen LogP contribution in [0.15, 0.2) is 30.3 Å². The highest BCUT2D eigenvalue weighted by atomic mass is 31.2. The number of nitrogens with zero attached hydrogens (tertiary/aromatic N) is 1. The summed E-state index contributed by atoms with van der Waals surface area (Å²) in [6.07, 6.45) is -0.0246. The zero-order chi connectivity index (χ0) is 19.1. The van der Waals surface area contributed by atoms with E-state index >= 15 is 0 Å². The van der Waals surface area contributed by atoms with Gasteiger partial charge >= 0.3 is 19.5 Å². The normalized spacial score (nSPS) is 31.5. The number of esters is 2. The van der Waals surface area contributed by atoms with Crippen LogP contribution in [0.3, 0.4) is 0 Å². The van der Waals surface area contributed by atoms with E-state index in [-0.39, 0.29) is 18.0 Å². The molecule has 2 heterocycles. The van der Waals surface area contributed by atoms with E-state index in [2.05, 4.69) is 0 Å². The number of ether oxygens (including phenoxy) is 2. The molecule has 3 rings (SSSR count). The minimum absolute atomic E-state index is 0.0158. The summed E-state index contributed by atoms with van der Waals surface area (Å²) in [7, 11) is -2.22. The van der Waals surface area contributed by atoms with E-state index in [9.17, 15) is 23.9 Å². The lowest BCUT2D eigenvalue weighted by atomic mass is 9.86. The number of hydrogen-bond donors (Lipinski definition) is 2. The molecule has 2 bridgehead atoms. The molecule has 9 heteroatoms. The molecule has 0 spiro atoms. The van der Waals surface area contributed by atoms with Crippen LogP contribution in [0.25, 0.3) is 0 Å². The third kappa shape index (κ3) is 2.77. The van der Waals surface area contributed by atoms with Crippen LogP contribution in [0.5, 0.6) is 0 Å². The van der Waals surface area contributed by atoms with Crippen molar-refractivity contribution in [3.63, 3.8) is 0 Å². The fourth-order valence-electron chi connectivity index (χ4n) is 4.31. The van der Waals surface area contributed by atoms with Gasteiger partial charge in [0.2, 0.25) is 5.16 Å². The third-order valence-corrected chi connectivity index (χ3v) is 7.31. The molecule has 8 nitrogen and oxygen atoms in total. The van der Waals surface area contributed by atoms with E-state index in [1.54, 1.807) is 42.3 Å². The number of methoxy groups -OCH3 is 1. The Morgan fingerprint density at radius 1 is 1.23 bits per heavy atom. The molecular weight excluding hydrogens is 361 g/mol. The lowest BCUT2D eigenvalue weighted by Crippen LogP contribution is -2.66. The second kappa shape index (κ2) is 6.78. The highest BCUT2D eigenvalue weighted by molar-refractivity contribution is 7.55. The number of piperidine rings is 1. The fraction of sp³-hybridized carbons (Fsp3) is 0.529. The number of benzene rings is 1. The Morgan fingerprint density at radius 2 is 1.88 bits per heavy atom. The van der Waals surface area contributed by atoms with Crippen LogP contribution in [0.4, 0.5) is 0 Å². The summed E-state index contributed by atoms with van der Waals surface area (Å²) in [6.45, 7) is 0. The number of carbonyl (C=O) groups is 2. The Hall–Kier alpha value is -1.73. The third-order valence-electron chi connectivity index (χ3n) is 5.58. The molecule has 142 valence electrons. The first-order valence-electron chi connectivity index (χ1n) is 8.35. The van der Waals surface area contributed by atoms with Crippen molar-refractivity contribution in [2.75, 3.05) is 14.2 Å². The molecule has 1 aromatic rings. The van der Waals surface area contributed by atoms with Crippen molar-refractivity contribution in [1.82, 2.24) is 4.90 Å². The van der Waals surface area contributed by atoms with Crippen LogP contribution in [0.2, 0.25) is 0 Å². The first-order chi connectivity index (χ1) is 12.2. The maximum absolute atomic E-state index is 12.7. The molecule has 0 unspecified atom stereocenters. The Balaban J connectivity index is 2.05. The second-order valence-electron chi connectivity index (χ2n) is 6.77. The molecule has 2 aliphatic rings. The summed E-state index contributed by atoms with van der Waals surface area (Å²) in [5, 5.41) is -2.23. The van der Waals surface area contributed by atoms with Gasteiger partial charge in [0, 0.05) is 18.5 Å². The van der Waals surface area contributed by atoms with Crippen molar-refractivity contribution in [2.45, 2.75) is 42.6 Å². The molecule has 26 heavy (non-hydrogen) atoms. The molecular formula is C17H22NO7P. The van der Waals surface area contributed by atoms with Gasteiger partial charge in [-0.15, -0.1) is 0 Å². The van der Waals surface area contributed by atoms with E-state index < -0.39 is 36.8 Å². The van der Waals surface area contributed by atoms with Crippen LogP contribution in [0.1, 0.15) is 29.6 Å². The standard InChI is InChI=1S/C17H22NO7P/c1-18-12-8-9-13(18)17(16(20)24-2,26(21,22)23)14(10-12)25-15(19)11-6-4-3-5-7-11/h3-7,12-14H,8-10H2,1-2H3,(H2,21,22,23)/t12-,13+,14+,17-/m1/s1. The summed E-state index contributed by atoms with van der Waals surface area (Å²) in [5.74, 6) is -1.77. The average molecular weight is 383 g/mol. The molecule has 2 fully saturated rings. The highest BCUT2D eigenvalue weighted by Crippen LogP contribution is 2.62. The maximum Gasteiger partial charge on any atom is 0.348 e. The zero-order valence-electron chi connectivity index (χ0n) is 14.6. The molecule has 0 amide bonds. The van der Waals surface area contributed by atoms with E-state index in [0.29, 0.717) is 12.8 Å². The van der Waals surface area contributed by atoms with Gasteiger partial charge in [0.1, 0.15) is 6.10 Å². The topological polar surface area (TPSA) is 113 Å². The lowest BCUT2D eigenvalue weighted by Gasteiger charge is -2.48. The number of rotatable bonds is 4. The van der Waals surface area contributed by atoms with Gasteiger partial charge in [-0.3, -0.25) is 14.3 Å². The zero-order valence-corrected chi connectivity index (χ0v) is 15.5. The first kappa shape index (κ1) is 19.0. The van der Waals surface area contributed by atoms with Gasteiger partial charge in [0.05, 0.1) is 12.7 Å². The van der Waals surface area contributed by atoms with Crippen molar-refractivity contribution in [1.29, 1.82) is 0 Å². The van der Waals surface area contributed by atoms with Gasteiger partial charge in [-0.1, -0.05) is 18.2 Å². The Morgan fingerprint density at radius 3 is 2.46 bits per heavy atom. The van der Waals surface area contributed by atoms with E-state index in [1.807, 2.05) is 0 Å². The molecule has 4 atom stereocenters. The number of fused-ring (bicyclic) bond motifs is 2. The predicted molar refractivity (Wildman–Crippen MR) is 91.6 cm³/mol. The molecule has 1 aromatic carbocycles. The van der Waals surface area contributed by atoms with Crippen molar-refractivity contribution in [3.05, 3.63) is 35.9 Å². The summed E-state index contributed by atoms with van der Waals surface area (Å²) in [6, 6.07) is 7.37. The quantitative estimate of drug-likeness (QED) is 0.588. The SMILES string of the molecule is COC(=O)[C@]1(P(=O)(O)O)[C@@H](OC(=O)c2ccccc2)C[C@H]2CC[C@@H]1N2C. The van der Waals surface area contributed by atoms with Crippen LogP contribution >= 0.6 is 7.60 Å². The molecule has 2 N–H and O–H groups in total. The van der Waals surface area contributed by atoms with Gasteiger partial charge < -0.3 is 19.3 Å². The largest absolute Gasteiger partial charge is 0.468 e. The van der Waals surface area contributed by atoms with Crippen LogP contribution in [-0.2, 0) is 18.8 Å². The summed E-state index contributed by atoms with van der Waals surface area (Å²) >= 11 is 0. The molecule has 0 radical (unpaired) electrons. The van der Waals surface area contributed by atoms with Gasteiger partial charge in [-0.2, -0.15) is 0 Å². The molecule has 2 aliphatic heterocycles. The molecule has 0 saturated carbocycles. The number of hydrogen-bond acceptors (Lipinski definition) is 6. The monoisotopic (exact) mass is 383 g/mol. The summed E-state index contributed by atoms with van der Waals surface area (Å²) in [4.78, 5) is 47.3. The minimum atomic E-state index is -5.03. The van der Waals surface area contributed by atoms with E-state index in [4.69, 9.17) is 9.47 Å². The van der Waals surface area contributed by atoms with E-state index in [1.165, 1.54) is 0 Å². The minimum Gasteiger partial charge on any atom is -0.468 e. The van der Waals surface area contributed by atoms with Gasteiger partial charge in [-0.25, -0.2) is 4.79 Å². The van der Waals surface area contributed by atoms with Crippen LogP contribution < -0.4 is 0 Å². The lowest BCUT2D eigenvalue weighted by molar-refractivity contribution is -0.153. The first-order valence-corrected chi connectivity index (χ1v) is 9.96. The van der Waals surface area contributed by atoms with Gasteiger partial charge in [0.15, 0.2) is 0 Å². The summed E-state index contributed by atoms with van der Waals surface area (Å²) < 4.78 is 22.8. The second-order valence-corrected chi connectivity index (χ2v) is 8.60. The fourth-order valence-corrected chi connectivity index (χ4v) is 5.87.